The molecule has 0 radical (unpaired) electrons. The van der Waals surface area contributed by atoms with E-state index in [2.05, 4.69) is 9.78 Å². The first kappa shape index (κ1) is 10.7. The fourth-order valence-corrected chi connectivity index (χ4v) is 2.11. The lowest BCUT2D eigenvalue weighted by Gasteiger charge is -2.05. The maximum absolute atomic E-state index is 11.0. The first-order valence-electron chi connectivity index (χ1n) is 4.35. The Morgan fingerprint density at radius 3 is 2.69 bits per heavy atom. The van der Waals surface area contributed by atoms with Crippen LogP contribution in [0.25, 0.3) is 11.6 Å². The van der Waals surface area contributed by atoms with Crippen molar-refractivity contribution in [3.05, 3.63) is 40.4 Å². The molecule has 0 aromatic heterocycles. The predicted octanol–water partition coefficient (Wildman–Crippen LogP) is -1.01. The minimum Gasteiger partial charge on any atom is -0.361 e. The van der Waals surface area contributed by atoms with E-state index in [1.54, 1.807) is 24.3 Å². The molecule has 0 saturated heterocycles. The van der Waals surface area contributed by atoms with Crippen LogP contribution in [0.5, 0.6) is 0 Å². The van der Waals surface area contributed by atoms with Crippen LogP contribution in [0.4, 0.5) is 0 Å². The van der Waals surface area contributed by atoms with Crippen LogP contribution in [0.3, 0.4) is 0 Å². The molecule has 1 aliphatic rings. The van der Waals surface area contributed by atoms with E-state index in [1.807, 2.05) is 0 Å². The molecule has 0 amide bonds. The lowest BCUT2D eigenvalue weighted by Crippen LogP contribution is -2.40. The molecule has 16 heavy (non-hydrogen) atoms. The van der Waals surface area contributed by atoms with Gasteiger partial charge in [-0.2, -0.15) is 13.2 Å². The number of hydrogen-bond donors (Lipinski definition) is 1. The molecular weight excluding hydrogens is 230 g/mol. The summed E-state index contributed by atoms with van der Waals surface area (Å²) in [6.07, 6.45) is 1.36. The van der Waals surface area contributed by atoms with Crippen molar-refractivity contribution < 1.29 is 17.8 Å². The third kappa shape index (κ3) is 1.79. The molecule has 0 aliphatic carbocycles. The summed E-state index contributed by atoms with van der Waals surface area (Å²) in [5, 5.41) is -0.500. The molecule has 1 aromatic rings. The molecule has 82 valence electrons. The number of para-hydroxylation sites is 1. The fourth-order valence-electron chi connectivity index (χ4n) is 1.45. The maximum atomic E-state index is 11.0. The minimum absolute atomic E-state index is 0.207. The van der Waals surface area contributed by atoms with E-state index in [0.717, 1.165) is 0 Å². The number of nitrogens with zero attached hydrogens (tertiary/aromatic N) is 3. The zero-order valence-electron chi connectivity index (χ0n) is 7.98. The normalized spacial score (nSPS) is 19.1. The summed E-state index contributed by atoms with van der Waals surface area (Å²) in [6, 6.07) is 6.74. The Bertz CT molecular complexity index is 702. The highest BCUT2D eigenvalue weighted by molar-refractivity contribution is 7.87. The Morgan fingerprint density at radius 2 is 2.06 bits per heavy atom. The van der Waals surface area contributed by atoms with Crippen LogP contribution in [0.15, 0.2) is 29.3 Å². The summed E-state index contributed by atoms with van der Waals surface area (Å²) in [7, 11) is -4.42. The van der Waals surface area contributed by atoms with Crippen LogP contribution in [0.1, 0.15) is 0 Å². The van der Waals surface area contributed by atoms with Crippen LogP contribution in [0, 0.1) is 0 Å². The molecule has 2 rings (SSSR count). The van der Waals surface area contributed by atoms with E-state index in [-0.39, 0.29) is 5.71 Å². The Balaban J connectivity index is 2.81. The smallest absolute Gasteiger partial charge is 0.334 e. The van der Waals surface area contributed by atoms with Crippen LogP contribution >= 0.6 is 0 Å². The van der Waals surface area contributed by atoms with Gasteiger partial charge in [-0.3, -0.25) is 9.55 Å². The molecule has 1 aromatic carbocycles. The van der Waals surface area contributed by atoms with Gasteiger partial charge in [0.2, 0.25) is 0 Å². The molecule has 1 unspecified atom stereocenters. The number of benzene rings is 1. The summed E-state index contributed by atoms with van der Waals surface area (Å²) in [5.74, 6) is 0. The Kier molecular flexibility index (Phi) is 2.43. The van der Waals surface area contributed by atoms with Crippen molar-refractivity contribution in [1.29, 1.82) is 0 Å². The van der Waals surface area contributed by atoms with Crippen molar-refractivity contribution in [3.8, 4) is 0 Å². The summed E-state index contributed by atoms with van der Waals surface area (Å²) in [6.45, 7) is 0. The van der Waals surface area contributed by atoms with Gasteiger partial charge in [0.05, 0.1) is 5.36 Å². The molecule has 1 N–H and O–H groups in total. The highest BCUT2D eigenvalue weighted by Crippen LogP contribution is 2.04. The lowest BCUT2D eigenvalue weighted by molar-refractivity contribution is -0.00469. The van der Waals surface area contributed by atoms with Gasteiger partial charge < -0.3 is 5.53 Å². The molecule has 0 fully saturated rings. The van der Waals surface area contributed by atoms with E-state index in [1.165, 1.54) is 6.08 Å². The minimum atomic E-state index is -4.42. The second-order valence-electron chi connectivity index (χ2n) is 3.22. The molecule has 1 atom stereocenters. The van der Waals surface area contributed by atoms with E-state index in [9.17, 15) is 8.42 Å². The molecule has 0 saturated carbocycles. The van der Waals surface area contributed by atoms with E-state index < -0.39 is 15.5 Å². The van der Waals surface area contributed by atoms with Gasteiger partial charge in [-0.25, -0.2) is 0 Å². The number of hydrogen-bond acceptors (Lipinski definition) is 3. The van der Waals surface area contributed by atoms with Crippen LogP contribution < -0.4 is 10.6 Å². The first-order valence-corrected chi connectivity index (χ1v) is 5.85. The van der Waals surface area contributed by atoms with Gasteiger partial charge in [0.25, 0.3) is 15.5 Å². The lowest BCUT2D eigenvalue weighted by atomic mass is 10.2. The standard InChI is InChI=1S/C9H7N3O3S/c10-12-8-5-6-3-1-2-4-7(6)11-9(8)16(13,14)15/h1-5,9H,(H,13,14,15). The van der Waals surface area contributed by atoms with Crippen LogP contribution in [0.2, 0.25) is 0 Å². The highest BCUT2D eigenvalue weighted by atomic mass is 32.2. The van der Waals surface area contributed by atoms with E-state index in [4.69, 9.17) is 10.1 Å². The van der Waals surface area contributed by atoms with Gasteiger partial charge in [0, 0.05) is 11.3 Å². The summed E-state index contributed by atoms with van der Waals surface area (Å²) >= 11 is 0. The van der Waals surface area contributed by atoms with Gasteiger partial charge in [0.15, 0.2) is 0 Å². The average Bonchev–Trinajstić information content (AvgIpc) is 2.26. The molecule has 0 spiro atoms. The zero-order valence-corrected chi connectivity index (χ0v) is 8.79. The van der Waals surface area contributed by atoms with E-state index in [0.29, 0.717) is 10.6 Å². The second-order valence-corrected chi connectivity index (χ2v) is 4.70. The Labute approximate surface area is 90.9 Å². The van der Waals surface area contributed by atoms with Gasteiger partial charge in [0.1, 0.15) is 0 Å². The third-order valence-corrected chi connectivity index (χ3v) is 3.06. The van der Waals surface area contributed by atoms with Crippen molar-refractivity contribution in [2.45, 2.75) is 5.37 Å². The van der Waals surface area contributed by atoms with E-state index >= 15 is 0 Å². The van der Waals surface area contributed by atoms with Gasteiger partial charge in [-0.05, 0) is 6.07 Å². The largest absolute Gasteiger partial charge is 0.361 e. The van der Waals surface area contributed by atoms with Crippen LogP contribution in [-0.2, 0) is 10.1 Å². The first-order chi connectivity index (χ1) is 7.52. The SMILES string of the molecule is [N-]=[N+]=C1C=c2ccccc2=NC1S(=O)(=O)O. The molecule has 0 bridgehead atoms. The van der Waals surface area contributed by atoms with Crippen molar-refractivity contribution in [1.82, 2.24) is 0 Å². The quantitative estimate of drug-likeness (QED) is 0.384. The average molecular weight is 237 g/mol. The number of rotatable bonds is 1. The van der Waals surface area contributed by atoms with Crippen molar-refractivity contribution in [2.24, 2.45) is 4.99 Å². The Morgan fingerprint density at radius 1 is 1.38 bits per heavy atom. The van der Waals surface area contributed by atoms with Gasteiger partial charge >= 0.3 is 5.71 Å². The van der Waals surface area contributed by atoms with Crippen molar-refractivity contribution >= 4 is 21.9 Å². The summed E-state index contributed by atoms with van der Waals surface area (Å²) in [5.41, 5.74) is 8.46. The van der Waals surface area contributed by atoms with Crippen molar-refractivity contribution in [3.63, 3.8) is 0 Å². The van der Waals surface area contributed by atoms with Crippen LogP contribution in [-0.4, -0.2) is 28.8 Å². The predicted molar refractivity (Wildman–Crippen MR) is 55.7 cm³/mol. The summed E-state index contributed by atoms with van der Waals surface area (Å²) in [4.78, 5) is 6.63. The van der Waals surface area contributed by atoms with Crippen molar-refractivity contribution in [2.75, 3.05) is 0 Å². The topological polar surface area (TPSA) is 103 Å². The fraction of sp³-hybridized carbons (Fsp3) is 0.111. The Hall–Kier alpha value is -1.82. The molecular formula is C9H7N3O3S. The monoisotopic (exact) mass is 237 g/mol. The third-order valence-electron chi connectivity index (χ3n) is 2.15. The highest BCUT2D eigenvalue weighted by Gasteiger charge is 2.34. The van der Waals surface area contributed by atoms with Gasteiger partial charge in [-0.15, -0.1) is 0 Å². The molecule has 7 heteroatoms. The second kappa shape index (κ2) is 3.64. The molecule has 1 aliphatic heterocycles. The molecule has 6 nitrogen and oxygen atoms in total. The maximum Gasteiger partial charge on any atom is 0.334 e. The molecule has 1 heterocycles. The van der Waals surface area contributed by atoms with Gasteiger partial charge in [-0.1, -0.05) is 18.2 Å². The summed E-state index contributed by atoms with van der Waals surface area (Å²) < 4.78 is 31.0. The zero-order chi connectivity index (χ0) is 11.8. The number of fused-ring (bicyclic) bond motifs is 1.